The molecule has 0 unspecified atom stereocenters. The molecule has 1 amide bonds. The molecular formula is C23H27N3O3. The Labute approximate surface area is 170 Å². The van der Waals surface area contributed by atoms with Gasteiger partial charge >= 0.3 is 5.97 Å². The number of nitrogens with two attached hydrogens (primary N) is 1. The number of ether oxygens (including phenoxy) is 1. The highest BCUT2D eigenvalue weighted by atomic mass is 16.5. The summed E-state index contributed by atoms with van der Waals surface area (Å²) in [6, 6.07) is 15.8. The summed E-state index contributed by atoms with van der Waals surface area (Å²) in [7, 11) is 0. The van der Waals surface area contributed by atoms with Crippen LogP contribution in [0.25, 0.3) is 10.9 Å². The van der Waals surface area contributed by atoms with E-state index in [0.717, 1.165) is 22.0 Å². The first kappa shape index (κ1) is 20.6. The van der Waals surface area contributed by atoms with Gasteiger partial charge in [-0.05, 0) is 23.1 Å². The van der Waals surface area contributed by atoms with Crippen molar-refractivity contribution < 1.29 is 14.3 Å². The van der Waals surface area contributed by atoms with Gasteiger partial charge in [0.05, 0.1) is 6.04 Å². The SMILES string of the molecule is CC(C)[C@H](N)C(=O)N[C@@H](Cc1c[nH]c2ccccc12)C(=O)OCc1ccccc1. The fraction of sp³-hybridized carbons (Fsp3) is 0.304. The van der Waals surface area contributed by atoms with Gasteiger partial charge in [0.15, 0.2) is 0 Å². The number of aromatic amines is 1. The Balaban J connectivity index is 1.76. The fourth-order valence-electron chi connectivity index (χ4n) is 3.11. The van der Waals surface area contributed by atoms with Gasteiger partial charge in [-0.1, -0.05) is 62.4 Å². The molecule has 0 saturated heterocycles. The molecule has 0 spiro atoms. The van der Waals surface area contributed by atoms with Gasteiger partial charge in [0.2, 0.25) is 5.91 Å². The molecule has 3 rings (SSSR count). The van der Waals surface area contributed by atoms with Gasteiger partial charge in [0.25, 0.3) is 0 Å². The summed E-state index contributed by atoms with van der Waals surface area (Å²) in [5, 5.41) is 3.79. The number of amides is 1. The standard InChI is InChI=1S/C23H27N3O3/c1-15(2)21(24)22(27)26-20(23(28)29-14-16-8-4-3-5-9-16)12-17-13-25-19-11-7-6-10-18(17)19/h3-11,13,15,20-21,25H,12,14,24H2,1-2H3,(H,26,27)/t20-,21-/m0/s1. The average Bonchev–Trinajstić information content (AvgIpc) is 3.14. The highest BCUT2D eigenvalue weighted by molar-refractivity contribution is 5.89. The maximum atomic E-state index is 12.8. The van der Waals surface area contributed by atoms with Crippen molar-refractivity contribution in [2.45, 2.75) is 39.0 Å². The summed E-state index contributed by atoms with van der Waals surface area (Å²) >= 11 is 0. The highest BCUT2D eigenvalue weighted by Crippen LogP contribution is 2.19. The highest BCUT2D eigenvalue weighted by Gasteiger charge is 2.27. The molecule has 6 nitrogen and oxygen atoms in total. The van der Waals surface area contributed by atoms with Crippen LogP contribution in [0, 0.1) is 5.92 Å². The van der Waals surface area contributed by atoms with Crippen molar-refractivity contribution in [3.05, 3.63) is 71.9 Å². The lowest BCUT2D eigenvalue weighted by Gasteiger charge is -2.21. The van der Waals surface area contributed by atoms with E-state index in [0.29, 0.717) is 6.42 Å². The number of carbonyl (C=O) groups excluding carboxylic acids is 2. The predicted molar refractivity (Wildman–Crippen MR) is 113 cm³/mol. The molecule has 3 aromatic rings. The van der Waals surface area contributed by atoms with Crippen molar-refractivity contribution in [2.24, 2.45) is 11.7 Å². The van der Waals surface area contributed by atoms with E-state index in [1.165, 1.54) is 0 Å². The van der Waals surface area contributed by atoms with Crippen LogP contribution in [0.5, 0.6) is 0 Å². The lowest BCUT2D eigenvalue weighted by atomic mass is 10.0. The second kappa shape index (κ2) is 9.39. The Morgan fingerprint density at radius 3 is 2.48 bits per heavy atom. The van der Waals surface area contributed by atoms with Crippen molar-refractivity contribution in [1.82, 2.24) is 10.3 Å². The van der Waals surface area contributed by atoms with Crippen molar-refractivity contribution >= 4 is 22.8 Å². The molecule has 2 atom stereocenters. The second-order valence-corrected chi connectivity index (χ2v) is 7.49. The van der Waals surface area contributed by atoms with Crippen molar-refractivity contribution in [1.29, 1.82) is 0 Å². The zero-order chi connectivity index (χ0) is 20.8. The topological polar surface area (TPSA) is 97.2 Å². The molecule has 29 heavy (non-hydrogen) atoms. The molecule has 2 aromatic carbocycles. The van der Waals surface area contributed by atoms with E-state index < -0.39 is 18.1 Å². The summed E-state index contributed by atoms with van der Waals surface area (Å²) in [5.74, 6) is -0.881. The minimum absolute atomic E-state index is 0.0379. The molecule has 0 radical (unpaired) electrons. The Morgan fingerprint density at radius 2 is 1.76 bits per heavy atom. The third-order valence-electron chi connectivity index (χ3n) is 4.94. The average molecular weight is 393 g/mol. The molecule has 0 fully saturated rings. The number of fused-ring (bicyclic) bond motifs is 1. The normalized spacial score (nSPS) is 13.2. The summed E-state index contributed by atoms with van der Waals surface area (Å²) in [5.41, 5.74) is 8.76. The summed E-state index contributed by atoms with van der Waals surface area (Å²) in [6.45, 7) is 3.88. The number of aromatic nitrogens is 1. The molecule has 0 bridgehead atoms. The van der Waals surface area contributed by atoms with E-state index in [2.05, 4.69) is 10.3 Å². The molecule has 0 aliphatic rings. The van der Waals surface area contributed by atoms with Gasteiger partial charge in [-0.3, -0.25) is 4.79 Å². The van der Waals surface area contributed by atoms with Gasteiger partial charge in [0.1, 0.15) is 12.6 Å². The van der Waals surface area contributed by atoms with Crippen molar-refractivity contribution in [3.63, 3.8) is 0 Å². The van der Waals surface area contributed by atoms with Gasteiger partial charge in [-0.2, -0.15) is 0 Å². The zero-order valence-electron chi connectivity index (χ0n) is 16.7. The number of carbonyl (C=O) groups is 2. The lowest BCUT2D eigenvalue weighted by molar-refractivity contribution is -0.149. The van der Waals surface area contributed by atoms with Crippen molar-refractivity contribution in [3.8, 4) is 0 Å². The van der Waals surface area contributed by atoms with E-state index >= 15 is 0 Å². The summed E-state index contributed by atoms with van der Waals surface area (Å²) < 4.78 is 5.49. The summed E-state index contributed by atoms with van der Waals surface area (Å²) in [6.07, 6.45) is 2.17. The van der Waals surface area contributed by atoms with Crippen LogP contribution >= 0.6 is 0 Å². The minimum atomic E-state index is -0.824. The molecule has 0 aliphatic carbocycles. The van der Waals surface area contributed by atoms with Crippen LogP contribution in [0.2, 0.25) is 0 Å². The first-order valence-electron chi connectivity index (χ1n) is 9.77. The molecule has 152 valence electrons. The number of hydrogen-bond acceptors (Lipinski definition) is 4. The predicted octanol–water partition coefficient (Wildman–Crippen LogP) is 2.92. The Morgan fingerprint density at radius 1 is 1.07 bits per heavy atom. The maximum absolute atomic E-state index is 12.8. The molecule has 0 saturated carbocycles. The number of rotatable bonds is 8. The molecule has 4 N–H and O–H groups in total. The lowest BCUT2D eigenvalue weighted by Crippen LogP contribution is -2.51. The van der Waals surface area contributed by atoms with E-state index in [9.17, 15) is 9.59 Å². The molecule has 1 heterocycles. The van der Waals surface area contributed by atoms with E-state index in [-0.39, 0.29) is 18.4 Å². The third kappa shape index (κ3) is 5.23. The second-order valence-electron chi connectivity index (χ2n) is 7.49. The molecule has 1 aromatic heterocycles. The van der Waals surface area contributed by atoms with Gasteiger partial charge < -0.3 is 20.8 Å². The molecular weight excluding hydrogens is 366 g/mol. The maximum Gasteiger partial charge on any atom is 0.329 e. The first-order chi connectivity index (χ1) is 14.0. The number of benzene rings is 2. The van der Waals surface area contributed by atoms with Crippen LogP contribution in [0.3, 0.4) is 0 Å². The van der Waals surface area contributed by atoms with Crippen LogP contribution in [0.1, 0.15) is 25.0 Å². The van der Waals surface area contributed by atoms with Crippen LogP contribution in [-0.2, 0) is 27.4 Å². The largest absolute Gasteiger partial charge is 0.459 e. The van der Waals surface area contributed by atoms with E-state index in [1.54, 1.807) is 0 Å². The third-order valence-corrected chi connectivity index (χ3v) is 4.94. The first-order valence-corrected chi connectivity index (χ1v) is 9.77. The Bertz CT molecular complexity index is 966. The zero-order valence-corrected chi connectivity index (χ0v) is 16.7. The number of hydrogen-bond donors (Lipinski definition) is 3. The molecule has 6 heteroatoms. The van der Waals surface area contributed by atoms with Crippen LogP contribution in [0.4, 0.5) is 0 Å². The fourth-order valence-corrected chi connectivity index (χ4v) is 3.11. The quantitative estimate of drug-likeness (QED) is 0.513. The van der Waals surface area contributed by atoms with Gasteiger partial charge in [0, 0.05) is 23.5 Å². The Hall–Kier alpha value is -3.12. The number of H-pyrrole nitrogens is 1. The monoisotopic (exact) mass is 393 g/mol. The number of nitrogens with one attached hydrogen (secondary N) is 2. The van der Waals surface area contributed by atoms with Gasteiger partial charge in [-0.25, -0.2) is 4.79 Å². The summed E-state index contributed by atoms with van der Waals surface area (Å²) in [4.78, 5) is 28.5. The van der Waals surface area contributed by atoms with Crippen LogP contribution in [-0.4, -0.2) is 28.9 Å². The van der Waals surface area contributed by atoms with E-state index in [1.807, 2.05) is 74.6 Å². The number of para-hydroxylation sites is 1. The smallest absolute Gasteiger partial charge is 0.329 e. The Kier molecular flexibility index (Phi) is 6.67. The van der Waals surface area contributed by atoms with Crippen molar-refractivity contribution in [2.75, 3.05) is 0 Å². The van der Waals surface area contributed by atoms with Gasteiger partial charge in [-0.15, -0.1) is 0 Å². The van der Waals surface area contributed by atoms with E-state index in [4.69, 9.17) is 10.5 Å². The molecule has 0 aliphatic heterocycles. The minimum Gasteiger partial charge on any atom is -0.459 e. The van der Waals surface area contributed by atoms with Crippen LogP contribution < -0.4 is 11.1 Å². The number of esters is 1. The van der Waals surface area contributed by atoms with Crippen LogP contribution in [0.15, 0.2) is 60.8 Å².